The Kier molecular flexibility index (Phi) is 7.10. The van der Waals surface area contributed by atoms with Crippen LogP contribution >= 0.6 is 0 Å². The maximum atomic E-state index is 5.33. The van der Waals surface area contributed by atoms with E-state index in [-0.39, 0.29) is 0 Å². The molecule has 0 saturated heterocycles. The van der Waals surface area contributed by atoms with Crippen molar-refractivity contribution in [2.24, 2.45) is 0 Å². The van der Waals surface area contributed by atoms with Crippen molar-refractivity contribution < 1.29 is 0 Å². The van der Waals surface area contributed by atoms with Gasteiger partial charge in [0.1, 0.15) is 5.69 Å². The van der Waals surface area contributed by atoms with Crippen LogP contribution in [0.25, 0.3) is 99.6 Å². The minimum Gasteiger partial charge on any atom is -0.253 e. The predicted octanol–water partition coefficient (Wildman–Crippen LogP) is 12.2. The Balaban J connectivity index is 1.10. The van der Waals surface area contributed by atoms with Crippen molar-refractivity contribution in [3.8, 4) is 56.4 Å². The van der Waals surface area contributed by atoms with E-state index in [1.807, 2.05) is 36.4 Å². The zero-order valence-corrected chi connectivity index (χ0v) is 28.1. The molecule has 10 rings (SSSR count). The van der Waals surface area contributed by atoms with Gasteiger partial charge in [-0.3, -0.25) is 4.98 Å². The molecule has 0 atom stereocenters. The van der Waals surface area contributed by atoms with Crippen LogP contribution in [0.1, 0.15) is 0 Å². The first-order valence-electron chi connectivity index (χ1n) is 17.5. The minimum absolute atomic E-state index is 0.599. The summed E-state index contributed by atoms with van der Waals surface area (Å²) in [7, 11) is 0. The zero-order valence-electron chi connectivity index (χ0n) is 28.1. The Morgan fingerprint density at radius 2 is 0.885 bits per heavy atom. The number of nitrogens with zero attached hydrogens (tertiary/aromatic N) is 4. The summed E-state index contributed by atoms with van der Waals surface area (Å²) in [5.41, 5.74) is 9.78. The molecule has 4 nitrogen and oxygen atoms in total. The van der Waals surface area contributed by atoms with Gasteiger partial charge >= 0.3 is 0 Å². The van der Waals surface area contributed by atoms with Crippen LogP contribution in [-0.2, 0) is 0 Å². The molecule has 7 aromatic carbocycles. The standard InChI is InChI=1S/C48H30N4/c1-2-13-32(14-3-1)43-30-44(52-48(51-43)42-23-10-11-28-49-42)35-16-12-15-34(29-35)31-24-26-33(27-25-31)47-46-39-20-7-5-18-37(39)36-17-4-6-19-38(36)45(46)40-21-8-9-22-41(40)50-47/h1-30H. The van der Waals surface area contributed by atoms with Gasteiger partial charge in [0.15, 0.2) is 5.82 Å². The van der Waals surface area contributed by atoms with E-state index in [0.29, 0.717) is 5.82 Å². The smallest absolute Gasteiger partial charge is 0.179 e. The molecule has 3 aromatic heterocycles. The molecule has 10 aromatic rings. The number of aromatic nitrogens is 4. The fraction of sp³-hybridized carbons (Fsp3) is 0. The summed E-state index contributed by atoms with van der Waals surface area (Å²) in [5.74, 6) is 0.599. The molecule has 0 amide bonds. The Bertz CT molecular complexity index is 2880. The van der Waals surface area contributed by atoms with Crippen LogP contribution in [0.5, 0.6) is 0 Å². The molecule has 0 bridgehead atoms. The highest BCUT2D eigenvalue weighted by atomic mass is 14.9. The third-order valence-electron chi connectivity index (χ3n) is 9.92. The van der Waals surface area contributed by atoms with Crippen molar-refractivity contribution in [2.45, 2.75) is 0 Å². The summed E-state index contributed by atoms with van der Waals surface area (Å²) in [5, 5.41) is 8.56. The second-order valence-electron chi connectivity index (χ2n) is 13.0. The summed E-state index contributed by atoms with van der Waals surface area (Å²) in [4.78, 5) is 19.8. The van der Waals surface area contributed by atoms with Gasteiger partial charge in [0.05, 0.1) is 22.6 Å². The average Bonchev–Trinajstić information content (AvgIpc) is 3.24. The van der Waals surface area contributed by atoms with Crippen molar-refractivity contribution in [3.63, 3.8) is 0 Å². The van der Waals surface area contributed by atoms with Gasteiger partial charge in [-0.25, -0.2) is 15.0 Å². The Morgan fingerprint density at radius 1 is 0.308 bits per heavy atom. The molecule has 0 saturated carbocycles. The van der Waals surface area contributed by atoms with Gasteiger partial charge in [0, 0.05) is 39.0 Å². The molecule has 4 heteroatoms. The maximum absolute atomic E-state index is 5.33. The van der Waals surface area contributed by atoms with E-state index in [2.05, 4.69) is 145 Å². The van der Waals surface area contributed by atoms with Crippen molar-refractivity contribution >= 4 is 43.2 Å². The molecule has 3 heterocycles. The topological polar surface area (TPSA) is 51.6 Å². The molecule has 0 unspecified atom stereocenters. The molecule has 242 valence electrons. The lowest BCUT2D eigenvalue weighted by Gasteiger charge is -2.16. The van der Waals surface area contributed by atoms with E-state index in [0.717, 1.165) is 56.1 Å². The van der Waals surface area contributed by atoms with E-state index in [9.17, 15) is 0 Å². The first-order valence-corrected chi connectivity index (χ1v) is 17.5. The number of pyridine rings is 2. The molecule has 52 heavy (non-hydrogen) atoms. The number of hydrogen-bond acceptors (Lipinski definition) is 4. The quantitative estimate of drug-likeness (QED) is 0.172. The van der Waals surface area contributed by atoms with Crippen molar-refractivity contribution in [1.29, 1.82) is 0 Å². The van der Waals surface area contributed by atoms with E-state index in [1.165, 1.54) is 37.7 Å². The highest BCUT2D eigenvalue weighted by Crippen LogP contribution is 2.43. The van der Waals surface area contributed by atoms with Gasteiger partial charge < -0.3 is 0 Å². The SMILES string of the molecule is c1ccc(-c2cc(-c3cccc(-c4ccc(-c5nc6ccccc6c6c7ccccc7c7ccccc7c56)cc4)c3)nc(-c3ccccn3)n2)cc1. The van der Waals surface area contributed by atoms with E-state index in [4.69, 9.17) is 15.0 Å². The average molecular weight is 663 g/mol. The van der Waals surface area contributed by atoms with Crippen LogP contribution in [0.4, 0.5) is 0 Å². The van der Waals surface area contributed by atoms with E-state index in [1.54, 1.807) is 6.20 Å². The molecule has 0 spiro atoms. The molecule has 0 aliphatic carbocycles. The Hall–Kier alpha value is -7.04. The molecular formula is C48H30N4. The van der Waals surface area contributed by atoms with Gasteiger partial charge in [-0.2, -0.15) is 0 Å². The van der Waals surface area contributed by atoms with E-state index >= 15 is 0 Å². The summed E-state index contributed by atoms with van der Waals surface area (Å²) < 4.78 is 0. The minimum atomic E-state index is 0.599. The second-order valence-corrected chi connectivity index (χ2v) is 13.0. The lowest BCUT2D eigenvalue weighted by Crippen LogP contribution is -1.97. The van der Waals surface area contributed by atoms with Crippen LogP contribution < -0.4 is 0 Å². The van der Waals surface area contributed by atoms with Gasteiger partial charge in [0.25, 0.3) is 0 Å². The fourth-order valence-electron chi connectivity index (χ4n) is 7.47. The zero-order chi connectivity index (χ0) is 34.4. The van der Waals surface area contributed by atoms with Crippen LogP contribution in [0.15, 0.2) is 182 Å². The Labute approximate surface area is 300 Å². The van der Waals surface area contributed by atoms with E-state index < -0.39 is 0 Å². The molecular weight excluding hydrogens is 633 g/mol. The van der Waals surface area contributed by atoms with Crippen LogP contribution in [-0.4, -0.2) is 19.9 Å². The monoisotopic (exact) mass is 662 g/mol. The normalized spacial score (nSPS) is 11.5. The maximum Gasteiger partial charge on any atom is 0.179 e. The van der Waals surface area contributed by atoms with Gasteiger partial charge in [-0.1, -0.05) is 146 Å². The lowest BCUT2D eigenvalue weighted by molar-refractivity contribution is 1.15. The van der Waals surface area contributed by atoms with Gasteiger partial charge in [0.2, 0.25) is 0 Å². The predicted molar refractivity (Wildman–Crippen MR) is 215 cm³/mol. The highest BCUT2D eigenvalue weighted by molar-refractivity contribution is 6.33. The number of benzene rings is 7. The summed E-state index contributed by atoms with van der Waals surface area (Å²) >= 11 is 0. The molecule has 0 aliphatic heterocycles. The number of para-hydroxylation sites is 1. The molecule has 0 N–H and O–H groups in total. The van der Waals surface area contributed by atoms with Crippen molar-refractivity contribution in [1.82, 2.24) is 19.9 Å². The summed E-state index contributed by atoms with van der Waals surface area (Å²) in [6.07, 6.45) is 1.78. The summed E-state index contributed by atoms with van der Waals surface area (Å²) in [6.45, 7) is 0. The number of hydrogen-bond donors (Lipinski definition) is 0. The van der Waals surface area contributed by atoms with Crippen LogP contribution in [0.3, 0.4) is 0 Å². The lowest BCUT2D eigenvalue weighted by atomic mass is 9.89. The van der Waals surface area contributed by atoms with Gasteiger partial charge in [-0.15, -0.1) is 0 Å². The van der Waals surface area contributed by atoms with Crippen molar-refractivity contribution in [2.75, 3.05) is 0 Å². The third kappa shape index (κ3) is 5.09. The van der Waals surface area contributed by atoms with Gasteiger partial charge in [-0.05, 0) is 63.0 Å². The summed E-state index contributed by atoms with van der Waals surface area (Å²) in [6, 6.07) is 61.5. The number of fused-ring (bicyclic) bond motifs is 8. The fourth-order valence-corrected chi connectivity index (χ4v) is 7.47. The first-order chi connectivity index (χ1) is 25.8. The molecule has 0 fully saturated rings. The highest BCUT2D eigenvalue weighted by Gasteiger charge is 2.18. The molecule has 0 radical (unpaired) electrons. The number of rotatable bonds is 5. The van der Waals surface area contributed by atoms with Crippen LogP contribution in [0.2, 0.25) is 0 Å². The second kappa shape index (κ2) is 12.4. The third-order valence-corrected chi connectivity index (χ3v) is 9.92. The largest absolute Gasteiger partial charge is 0.253 e. The first kappa shape index (κ1) is 29.8. The Morgan fingerprint density at radius 3 is 1.62 bits per heavy atom. The molecule has 0 aliphatic rings. The van der Waals surface area contributed by atoms with Crippen molar-refractivity contribution in [3.05, 3.63) is 182 Å². The van der Waals surface area contributed by atoms with Crippen LogP contribution in [0, 0.1) is 0 Å².